The summed E-state index contributed by atoms with van der Waals surface area (Å²) in [6.07, 6.45) is -0.452. The molecule has 3 heterocycles. The van der Waals surface area contributed by atoms with Gasteiger partial charge in [0.05, 0.1) is 6.10 Å². The summed E-state index contributed by atoms with van der Waals surface area (Å²) < 4.78 is 13.2. The van der Waals surface area contributed by atoms with E-state index in [4.69, 9.17) is 21.1 Å². The first kappa shape index (κ1) is 20.5. The van der Waals surface area contributed by atoms with Crippen molar-refractivity contribution in [3.8, 4) is 0 Å². The van der Waals surface area contributed by atoms with E-state index in [1.807, 2.05) is 44.2 Å². The number of carbonyl (C=O) groups is 1. The van der Waals surface area contributed by atoms with Gasteiger partial charge in [-0.05, 0) is 23.6 Å². The third-order valence-corrected chi connectivity index (χ3v) is 5.41. The first-order chi connectivity index (χ1) is 14.5. The van der Waals surface area contributed by atoms with Gasteiger partial charge in [0.1, 0.15) is 0 Å². The van der Waals surface area contributed by atoms with Crippen LogP contribution in [0.5, 0.6) is 0 Å². The van der Waals surface area contributed by atoms with Gasteiger partial charge < -0.3 is 14.8 Å². The van der Waals surface area contributed by atoms with Gasteiger partial charge in [-0.1, -0.05) is 49.4 Å². The second-order valence-electron chi connectivity index (χ2n) is 7.29. The fraction of sp³-hybridized carbons (Fsp3) is 0.450. The molecule has 0 spiro atoms. The topological polar surface area (TPSA) is 104 Å². The average Bonchev–Trinajstić information content (AvgIpc) is 3.28. The van der Waals surface area contributed by atoms with E-state index in [2.05, 4.69) is 25.6 Å². The number of anilines is 1. The molecule has 1 aromatic carbocycles. The van der Waals surface area contributed by atoms with Gasteiger partial charge in [0.2, 0.25) is 5.28 Å². The van der Waals surface area contributed by atoms with Gasteiger partial charge in [-0.3, -0.25) is 4.79 Å². The SMILES string of the molecule is CC[C@H]1O[C@@H](n2nnc3c(NCc4ccccc4)nc(Cl)nc32)[C@H](OC(C)=O)[C@@H]1C. The Hall–Kier alpha value is -2.78. The third kappa shape index (κ3) is 3.95. The first-order valence-corrected chi connectivity index (χ1v) is 10.2. The van der Waals surface area contributed by atoms with Crippen molar-refractivity contribution in [2.45, 2.75) is 52.2 Å². The maximum absolute atomic E-state index is 11.7. The number of aromatic nitrogens is 5. The molecule has 0 unspecified atom stereocenters. The zero-order valence-corrected chi connectivity index (χ0v) is 17.7. The Labute approximate surface area is 178 Å². The predicted octanol–water partition coefficient (Wildman–Crippen LogP) is 3.36. The Balaban J connectivity index is 1.68. The smallest absolute Gasteiger partial charge is 0.303 e. The molecule has 1 N–H and O–H groups in total. The van der Waals surface area contributed by atoms with E-state index in [9.17, 15) is 4.79 Å². The average molecular weight is 431 g/mol. The zero-order valence-electron chi connectivity index (χ0n) is 16.9. The van der Waals surface area contributed by atoms with Crippen LogP contribution in [0, 0.1) is 5.92 Å². The normalized spacial score (nSPS) is 23.6. The number of rotatable bonds is 6. The van der Waals surface area contributed by atoms with E-state index < -0.39 is 12.3 Å². The van der Waals surface area contributed by atoms with Crippen LogP contribution in [0.1, 0.15) is 39.0 Å². The molecular formula is C20H23ClN6O3. The Kier molecular flexibility index (Phi) is 5.83. The molecule has 30 heavy (non-hydrogen) atoms. The lowest BCUT2D eigenvalue weighted by Crippen LogP contribution is -2.30. The van der Waals surface area contributed by atoms with Gasteiger partial charge >= 0.3 is 5.97 Å². The molecule has 0 radical (unpaired) electrons. The number of nitrogens with zero attached hydrogens (tertiary/aromatic N) is 5. The van der Waals surface area contributed by atoms with Crippen LogP contribution in [0.4, 0.5) is 5.82 Å². The van der Waals surface area contributed by atoms with Gasteiger partial charge in [0.15, 0.2) is 29.3 Å². The molecule has 4 rings (SSSR count). The van der Waals surface area contributed by atoms with Crippen molar-refractivity contribution in [2.24, 2.45) is 5.92 Å². The highest BCUT2D eigenvalue weighted by atomic mass is 35.5. The third-order valence-electron chi connectivity index (χ3n) is 5.24. The van der Waals surface area contributed by atoms with Gasteiger partial charge in [-0.15, -0.1) is 5.10 Å². The number of esters is 1. The summed E-state index contributed by atoms with van der Waals surface area (Å²) in [7, 11) is 0. The lowest BCUT2D eigenvalue weighted by molar-refractivity contribution is -0.154. The van der Waals surface area contributed by atoms with E-state index in [0.29, 0.717) is 23.5 Å². The molecule has 10 heteroatoms. The molecule has 0 aliphatic carbocycles. The summed E-state index contributed by atoms with van der Waals surface area (Å²) in [4.78, 5) is 20.3. The second kappa shape index (κ2) is 8.53. The Morgan fingerprint density at radius 2 is 2.07 bits per heavy atom. The fourth-order valence-electron chi connectivity index (χ4n) is 3.75. The maximum atomic E-state index is 11.7. The number of hydrogen-bond donors (Lipinski definition) is 1. The fourth-order valence-corrected chi connectivity index (χ4v) is 3.92. The van der Waals surface area contributed by atoms with Crippen LogP contribution in [0.3, 0.4) is 0 Å². The van der Waals surface area contributed by atoms with E-state index in [1.54, 1.807) is 0 Å². The van der Waals surface area contributed by atoms with Crippen molar-refractivity contribution >= 4 is 34.6 Å². The monoisotopic (exact) mass is 430 g/mol. The number of benzene rings is 1. The lowest BCUT2D eigenvalue weighted by atomic mass is 9.98. The molecule has 0 bridgehead atoms. The summed E-state index contributed by atoms with van der Waals surface area (Å²) in [5, 5.41) is 11.8. The standard InChI is InChI=1S/C20H23ClN6O3/c1-4-14-11(2)16(29-12(3)28)19(30-14)27-18-15(25-26-27)17(23-20(21)24-18)22-10-13-8-6-5-7-9-13/h5-9,11,14,16,19H,4,10H2,1-3H3,(H,22,23,24)/t11-,14-,16-,19-/m1/s1. The summed E-state index contributed by atoms with van der Waals surface area (Å²) >= 11 is 6.19. The molecular weight excluding hydrogens is 408 g/mol. The van der Waals surface area contributed by atoms with Crippen LogP contribution < -0.4 is 5.32 Å². The molecule has 1 aliphatic heterocycles. The van der Waals surface area contributed by atoms with Crippen molar-refractivity contribution in [2.75, 3.05) is 5.32 Å². The highest BCUT2D eigenvalue weighted by Crippen LogP contribution is 2.38. The van der Waals surface area contributed by atoms with Crippen molar-refractivity contribution < 1.29 is 14.3 Å². The lowest BCUT2D eigenvalue weighted by Gasteiger charge is -2.20. The summed E-state index contributed by atoms with van der Waals surface area (Å²) in [5.74, 6) is 0.0952. The molecule has 0 saturated carbocycles. The summed E-state index contributed by atoms with van der Waals surface area (Å²) in [6, 6.07) is 9.90. The van der Waals surface area contributed by atoms with E-state index in [0.717, 1.165) is 12.0 Å². The molecule has 2 aromatic heterocycles. The van der Waals surface area contributed by atoms with E-state index >= 15 is 0 Å². The van der Waals surface area contributed by atoms with Crippen molar-refractivity contribution in [1.29, 1.82) is 0 Å². The molecule has 3 aromatic rings. The highest BCUT2D eigenvalue weighted by Gasteiger charge is 2.45. The van der Waals surface area contributed by atoms with Gasteiger partial charge in [0.25, 0.3) is 0 Å². The number of fused-ring (bicyclic) bond motifs is 1. The largest absolute Gasteiger partial charge is 0.457 e. The molecule has 158 valence electrons. The van der Waals surface area contributed by atoms with E-state index in [1.165, 1.54) is 11.6 Å². The molecule has 0 amide bonds. The van der Waals surface area contributed by atoms with Crippen LogP contribution in [-0.4, -0.2) is 43.1 Å². The summed E-state index contributed by atoms with van der Waals surface area (Å²) in [5.41, 5.74) is 1.96. The van der Waals surface area contributed by atoms with Gasteiger partial charge in [0, 0.05) is 19.4 Å². The number of hydrogen-bond acceptors (Lipinski definition) is 8. The maximum Gasteiger partial charge on any atom is 0.303 e. The van der Waals surface area contributed by atoms with Crippen LogP contribution in [0.25, 0.3) is 11.2 Å². The minimum absolute atomic E-state index is 0.00358. The second-order valence-corrected chi connectivity index (χ2v) is 7.63. The van der Waals surface area contributed by atoms with Crippen LogP contribution in [-0.2, 0) is 20.8 Å². The molecule has 1 fully saturated rings. The molecule has 4 atom stereocenters. The van der Waals surface area contributed by atoms with Crippen LogP contribution in [0.2, 0.25) is 5.28 Å². The van der Waals surface area contributed by atoms with Crippen LogP contribution >= 0.6 is 11.6 Å². The van der Waals surface area contributed by atoms with E-state index in [-0.39, 0.29) is 23.3 Å². The Bertz CT molecular complexity index is 1040. The minimum atomic E-state index is -0.646. The summed E-state index contributed by atoms with van der Waals surface area (Å²) in [6.45, 7) is 5.95. The number of nitrogens with one attached hydrogen (secondary N) is 1. The number of halogens is 1. The van der Waals surface area contributed by atoms with Crippen molar-refractivity contribution in [1.82, 2.24) is 25.0 Å². The first-order valence-electron chi connectivity index (χ1n) is 9.86. The Morgan fingerprint density at radius 1 is 1.30 bits per heavy atom. The number of ether oxygens (including phenoxy) is 2. The van der Waals surface area contributed by atoms with Crippen molar-refractivity contribution in [3.63, 3.8) is 0 Å². The minimum Gasteiger partial charge on any atom is -0.457 e. The quantitative estimate of drug-likeness (QED) is 0.469. The Morgan fingerprint density at radius 3 is 2.77 bits per heavy atom. The molecule has 1 aliphatic rings. The highest BCUT2D eigenvalue weighted by molar-refractivity contribution is 6.28. The van der Waals surface area contributed by atoms with Gasteiger partial charge in [-0.2, -0.15) is 14.6 Å². The predicted molar refractivity (Wildman–Crippen MR) is 111 cm³/mol. The number of carbonyl (C=O) groups excluding carboxylic acids is 1. The van der Waals surface area contributed by atoms with Crippen LogP contribution in [0.15, 0.2) is 30.3 Å². The zero-order chi connectivity index (χ0) is 21.3. The molecule has 1 saturated heterocycles. The van der Waals surface area contributed by atoms with Crippen molar-refractivity contribution in [3.05, 3.63) is 41.2 Å². The molecule has 9 nitrogen and oxygen atoms in total. The van der Waals surface area contributed by atoms with Gasteiger partial charge in [-0.25, -0.2) is 0 Å².